The first kappa shape index (κ1) is 22.4. The van der Waals surface area contributed by atoms with Gasteiger partial charge in [0.2, 0.25) is 0 Å². The van der Waals surface area contributed by atoms with Gasteiger partial charge < -0.3 is 14.8 Å². The summed E-state index contributed by atoms with van der Waals surface area (Å²) in [5.74, 6) is 1.43. The van der Waals surface area contributed by atoms with Gasteiger partial charge in [-0.05, 0) is 80.6 Å². The van der Waals surface area contributed by atoms with Crippen molar-refractivity contribution in [3.8, 4) is 11.5 Å². The van der Waals surface area contributed by atoms with Crippen LogP contribution in [0.5, 0.6) is 11.5 Å². The molecule has 31 heavy (non-hydrogen) atoms. The maximum absolute atomic E-state index is 12.8. The van der Waals surface area contributed by atoms with Crippen molar-refractivity contribution in [3.63, 3.8) is 0 Å². The molecule has 1 amide bonds. The number of rotatable bonds is 9. The van der Waals surface area contributed by atoms with Crippen LogP contribution < -0.4 is 14.8 Å². The van der Waals surface area contributed by atoms with Crippen molar-refractivity contribution in [2.24, 2.45) is 0 Å². The number of hydrogen-bond acceptors (Lipinski definition) is 3. The summed E-state index contributed by atoms with van der Waals surface area (Å²) in [6.45, 7) is 6.46. The van der Waals surface area contributed by atoms with Gasteiger partial charge in [-0.3, -0.25) is 4.79 Å². The Balaban J connectivity index is 1.63. The van der Waals surface area contributed by atoms with Crippen LogP contribution >= 0.6 is 0 Å². The molecular weight excluding hydrogens is 386 g/mol. The third-order valence-corrected chi connectivity index (χ3v) is 5.22. The molecule has 0 aliphatic heterocycles. The summed E-state index contributed by atoms with van der Waals surface area (Å²) in [6.07, 6.45) is 1.81. The Labute approximate surface area is 185 Å². The zero-order chi connectivity index (χ0) is 22.2. The molecule has 0 unspecified atom stereocenters. The maximum Gasteiger partial charge on any atom is 0.251 e. The lowest BCUT2D eigenvalue weighted by Gasteiger charge is -2.16. The Bertz CT molecular complexity index is 994. The van der Waals surface area contributed by atoms with Gasteiger partial charge in [0.15, 0.2) is 0 Å². The van der Waals surface area contributed by atoms with Gasteiger partial charge in [0.25, 0.3) is 5.91 Å². The summed E-state index contributed by atoms with van der Waals surface area (Å²) in [5, 5.41) is 3.10. The Morgan fingerprint density at radius 2 is 1.68 bits per heavy atom. The van der Waals surface area contributed by atoms with E-state index in [0.29, 0.717) is 17.9 Å². The van der Waals surface area contributed by atoms with Gasteiger partial charge in [-0.1, -0.05) is 36.4 Å². The van der Waals surface area contributed by atoms with Crippen molar-refractivity contribution >= 4 is 5.91 Å². The molecule has 0 bridgehead atoms. The van der Waals surface area contributed by atoms with Crippen LogP contribution in [0.3, 0.4) is 0 Å². The van der Waals surface area contributed by atoms with E-state index < -0.39 is 0 Å². The summed E-state index contributed by atoms with van der Waals surface area (Å²) in [4.78, 5) is 12.8. The molecular formula is C27H31NO3. The SMILES string of the molecule is COc1ccc(C(=O)N[C@@H](C)CCc2ccccc2)cc1COc1cc(C)cc(C)c1. The van der Waals surface area contributed by atoms with Crippen LogP contribution in [0.4, 0.5) is 0 Å². The highest BCUT2D eigenvalue weighted by Crippen LogP contribution is 2.24. The van der Waals surface area contributed by atoms with Gasteiger partial charge in [-0.2, -0.15) is 0 Å². The minimum absolute atomic E-state index is 0.0739. The number of ether oxygens (including phenoxy) is 2. The van der Waals surface area contributed by atoms with Crippen LogP contribution in [0.1, 0.15) is 46.0 Å². The molecule has 0 aromatic heterocycles. The van der Waals surface area contributed by atoms with Crippen molar-refractivity contribution in [1.29, 1.82) is 0 Å². The van der Waals surface area contributed by atoms with Crippen molar-refractivity contribution in [2.75, 3.05) is 7.11 Å². The number of carbonyl (C=O) groups excluding carboxylic acids is 1. The Hall–Kier alpha value is -3.27. The van der Waals surface area contributed by atoms with Crippen molar-refractivity contribution < 1.29 is 14.3 Å². The molecule has 0 radical (unpaired) electrons. The first-order chi connectivity index (χ1) is 14.9. The number of methoxy groups -OCH3 is 1. The second-order valence-electron chi connectivity index (χ2n) is 8.04. The lowest BCUT2D eigenvalue weighted by molar-refractivity contribution is 0.0938. The predicted octanol–water partition coefficient (Wildman–Crippen LogP) is 5.64. The lowest BCUT2D eigenvalue weighted by atomic mass is 10.1. The van der Waals surface area contributed by atoms with E-state index in [1.807, 2.05) is 63.2 Å². The number of benzene rings is 3. The molecule has 3 aromatic carbocycles. The average Bonchev–Trinajstić information content (AvgIpc) is 2.76. The van der Waals surface area contributed by atoms with Crippen molar-refractivity contribution in [2.45, 2.75) is 46.3 Å². The molecule has 0 saturated heterocycles. The molecule has 0 spiro atoms. The van der Waals surface area contributed by atoms with Gasteiger partial charge in [0, 0.05) is 17.2 Å². The largest absolute Gasteiger partial charge is 0.496 e. The summed E-state index contributed by atoms with van der Waals surface area (Å²) < 4.78 is 11.5. The van der Waals surface area contributed by atoms with E-state index in [1.54, 1.807) is 13.2 Å². The van der Waals surface area contributed by atoms with Crippen LogP contribution in [0.25, 0.3) is 0 Å². The maximum atomic E-state index is 12.8. The first-order valence-corrected chi connectivity index (χ1v) is 10.7. The molecule has 0 saturated carbocycles. The van der Waals surface area contributed by atoms with Gasteiger partial charge in [0.05, 0.1) is 7.11 Å². The average molecular weight is 418 g/mol. The van der Waals surface area contributed by atoms with Gasteiger partial charge >= 0.3 is 0 Å². The molecule has 0 fully saturated rings. The standard InChI is InChI=1S/C27H31NO3/c1-19-14-20(2)16-25(15-19)31-18-24-17-23(12-13-26(24)30-4)27(29)28-21(3)10-11-22-8-6-5-7-9-22/h5-9,12-17,21H,10-11,18H2,1-4H3,(H,28,29)/t21-/m0/s1. The fourth-order valence-corrected chi connectivity index (χ4v) is 3.62. The van der Waals surface area contributed by atoms with E-state index in [2.05, 4.69) is 23.5 Å². The minimum Gasteiger partial charge on any atom is -0.496 e. The number of nitrogens with one attached hydrogen (secondary N) is 1. The number of aryl methyl sites for hydroxylation is 3. The monoisotopic (exact) mass is 417 g/mol. The summed E-state index contributed by atoms with van der Waals surface area (Å²) in [5.41, 5.74) is 5.02. The first-order valence-electron chi connectivity index (χ1n) is 10.7. The van der Waals surface area contributed by atoms with Crippen LogP contribution in [0.2, 0.25) is 0 Å². The molecule has 3 aromatic rings. The van der Waals surface area contributed by atoms with Gasteiger partial charge in [0.1, 0.15) is 18.1 Å². The zero-order valence-corrected chi connectivity index (χ0v) is 18.8. The minimum atomic E-state index is -0.0872. The lowest BCUT2D eigenvalue weighted by Crippen LogP contribution is -2.33. The molecule has 3 rings (SSSR count). The smallest absolute Gasteiger partial charge is 0.251 e. The quantitative estimate of drug-likeness (QED) is 0.490. The van der Waals surface area contributed by atoms with E-state index in [0.717, 1.165) is 35.3 Å². The van der Waals surface area contributed by atoms with Crippen LogP contribution in [0.15, 0.2) is 66.7 Å². The van der Waals surface area contributed by atoms with Crippen LogP contribution in [0, 0.1) is 13.8 Å². The summed E-state index contributed by atoms with van der Waals surface area (Å²) in [6, 6.07) is 22.0. The van der Waals surface area contributed by atoms with E-state index in [1.165, 1.54) is 5.56 Å². The highest BCUT2D eigenvalue weighted by molar-refractivity contribution is 5.94. The topological polar surface area (TPSA) is 47.6 Å². The fraction of sp³-hybridized carbons (Fsp3) is 0.296. The summed E-state index contributed by atoms with van der Waals surface area (Å²) in [7, 11) is 1.63. The van der Waals surface area contributed by atoms with Gasteiger partial charge in [-0.15, -0.1) is 0 Å². The molecule has 0 heterocycles. The van der Waals surface area contributed by atoms with Crippen molar-refractivity contribution in [1.82, 2.24) is 5.32 Å². The number of amides is 1. The molecule has 0 aliphatic rings. The van der Waals surface area contributed by atoms with Crippen LogP contribution in [-0.2, 0) is 13.0 Å². The highest BCUT2D eigenvalue weighted by atomic mass is 16.5. The molecule has 0 aliphatic carbocycles. The normalized spacial score (nSPS) is 11.6. The predicted molar refractivity (Wildman–Crippen MR) is 125 cm³/mol. The van der Waals surface area contributed by atoms with E-state index in [4.69, 9.17) is 9.47 Å². The van der Waals surface area contributed by atoms with E-state index >= 15 is 0 Å². The fourth-order valence-electron chi connectivity index (χ4n) is 3.62. The third kappa shape index (κ3) is 6.61. The van der Waals surface area contributed by atoms with E-state index in [9.17, 15) is 4.79 Å². The Kier molecular flexibility index (Phi) is 7.71. The molecule has 1 N–H and O–H groups in total. The molecule has 4 nitrogen and oxygen atoms in total. The van der Waals surface area contributed by atoms with Gasteiger partial charge in [-0.25, -0.2) is 0 Å². The zero-order valence-electron chi connectivity index (χ0n) is 18.8. The third-order valence-electron chi connectivity index (χ3n) is 5.22. The molecule has 4 heteroatoms. The molecule has 162 valence electrons. The van der Waals surface area contributed by atoms with E-state index in [-0.39, 0.29) is 11.9 Å². The summed E-state index contributed by atoms with van der Waals surface area (Å²) >= 11 is 0. The Morgan fingerprint density at radius 3 is 2.35 bits per heavy atom. The molecule has 1 atom stereocenters. The van der Waals surface area contributed by atoms with Crippen molar-refractivity contribution in [3.05, 3.63) is 94.5 Å². The number of hydrogen-bond donors (Lipinski definition) is 1. The highest BCUT2D eigenvalue weighted by Gasteiger charge is 2.13. The van der Waals surface area contributed by atoms with Crippen LogP contribution in [-0.4, -0.2) is 19.1 Å². The Morgan fingerprint density at radius 1 is 0.968 bits per heavy atom. The number of carbonyl (C=O) groups is 1. The second kappa shape index (κ2) is 10.7. The second-order valence-corrected chi connectivity index (χ2v) is 8.04.